The van der Waals surface area contributed by atoms with Crippen LogP contribution in [0.1, 0.15) is 37.6 Å². The molecule has 0 aliphatic carbocycles. The summed E-state index contributed by atoms with van der Waals surface area (Å²) in [6.45, 7) is 6.29. The summed E-state index contributed by atoms with van der Waals surface area (Å²) in [6, 6.07) is 7.40. The minimum atomic E-state index is -0.327. The number of nitrogens with one attached hydrogen (secondary N) is 2. The summed E-state index contributed by atoms with van der Waals surface area (Å²) in [5, 5.41) is 6.76. The molecule has 0 heterocycles. The van der Waals surface area contributed by atoms with Crippen LogP contribution < -0.4 is 10.6 Å². The van der Waals surface area contributed by atoms with E-state index in [1.54, 1.807) is 25.1 Å². The van der Waals surface area contributed by atoms with Crippen LogP contribution in [-0.2, 0) is 4.74 Å². The standard InChI is InChI=1S/C14H20N2O2S/c1-4-10(3)15-14(19)16-12-8-6-7-11(9-12)13(17)18-5-2/h6-10H,4-5H2,1-3H3,(H2,15,16,19)/t10-/m0/s1. The van der Waals surface area contributed by atoms with Gasteiger partial charge in [0.1, 0.15) is 0 Å². The Morgan fingerprint density at radius 2 is 2.16 bits per heavy atom. The fraction of sp³-hybridized carbons (Fsp3) is 0.429. The predicted octanol–water partition coefficient (Wildman–Crippen LogP) is 2.95. The summed E-state index contributed by atoms with van der Waals surface area (Å²) in [7, 11) is 0. The molecule has 0 bridgehead atoms. The third-order valence-electron chi connectivity index (χ3n) is 2.62. The van der Waals surface area contributed by atoms with E-state index in [-0.39, 0.29) is 5.97 Å². The normalized spacial score (nSPS) is 11.5. The molecule has 0 fully saturated rings. The molecule has 0 saturated heterocycles. The predicted molar refractivity (Wildman–Crippen MR) is 81.5 cm³/mol. The van der Waals surface area contributed by atoms with Gasteiger partial charge >= 0.3 is 5.97 Å². The third-order valence-corrected chi connectivity index (χ3v) is 2.84. The summed E-state index contributed by atoms with van der Waals surface area (Å²) in [5.74, 6) is -0.327. The number of hydrogen-bond acceptors (Lipinski definition) is 3. The molecule has 19 heavy (non-hydrogen) atoms. The lowest BCUT2D eigenvalue weighted by atomic mass is 10.2. The van der Waals surface area contributed by atoms with Crippen LogP contribution in [0, 0.1) is 0 Å². The van der Waals surface area contributed by atoms with Gasteiger partial charge in [-0.1, -0.05) is 13.0 Å². The average molecular weight is 280 g/mol. The number of carbonyl (C=O) groups is 1. The third kappa shape index (κ3) is 5.26. The van der Waals surface area contributed by atoms with Gasteiger partial charge in [0.15, 0.2) is 5.11 Å². The minimum Gasteiger partial charge on any atom is -0.462 e. The molecule has 0 saturated carbocycles. The van der Waals surface area contributed by atoms with E-state index in [0.29, 0.717) is 23.3 Å². The number of thiocarbonyl (C=S) groups is 1. The SMILES string of the molecule is CCOC(=O)c1cccc(NC(=S)N[C@@H](C)CC)c1. The van der Waals surface area contributed by atoms with Crippen LogP contribution in [0.3, 0.4) is 0 Å². The van der Waals surface area contributed by atoms with Crippen molar-refractivity contribution in [2.24, 2.45) is 0 Å². The Kier molecular flexibility index (Phi) is 6.29. The summed E-state index contributed by atoms with van der Waals surface area (Å²) >= 11 is 5.20. The zero-order valence-electron chi connectivity index (χ0n) is 11.5. The van der Waals surface area contributed by atoms with E-state index in [1.807, 2.05) is 6.07 Å². The number of benzene rings is 1. The Morgan fingerprint density at radius 3 is 2.79 bits per heavy atom. The first-order chi connectivity index (χ1) is 9.06. The maximum atomic E-state index is 11.6. The highest BCUT2D eigenvalue weighted by Gasteiger charge is 2.07. The Labute approximate surface area is 119 Å². The molecule has 0 aliphatic rings. The number of rotatable bonds is 5. The molecule has 2 N–H and O–H groups in total. The van der Waals surface area contributed by atoms with Gasteiger partial charge in [-0.3, -0.25) is 0 Å². The lowest BCUT2D eigenvalue weighted by Crippen LogP contribution is -2.35. The van der Waals surface area contributed by atoms with Crippen LogP contribution >= 0.6 is 12.2 Å². The maximum absolute atomic E-state index is 11.6. The molecule has 104 valence electrons. The van der Waals surface area contributed by atoms with E-state index in [2.05, 4.69) is 24.5 Å². The molecule has 0 radical (unpaired) electrons. The van der Waals surface area contributed by atoms with Gasteiger partial charge in [0, 0.05) is 11.7 Å². The van der Waals surface area contributed by atoms with Crippen LogP contribution in [0.4, 0.5) is 5.69 Å². The molecule has 1 atom stereocenters. The smallest absolute Gasteiger partial charge is 0.338 e. The second kappa shape index (κ2) is 7.74. The van der Waals surface area contributed by atoms with Gasteiger partial charge in [-0.05, 0) is 50.7 Å². The average Bonchev–Trinajstić information content (AvgIpc) is 2.39. The van der Waals surface area contributed by atoms with Crippen molar-refractivity contribution in [2.75, 3.05) is 11.9 Å². The lowest BCUT2D eigenvalue weighted by molar-refractivity contribution is 0.0526. The van der Waals surface area contributed by atoms with E-state index in [0.717, 1.165) is 12.1 Å². The summed E-state index contributed by atoms with van der Waals surface area (Å²) in [6.07, 6.45) is 0.991. The first-order valence-electron chi connectivity index (χ1n) is 6.41. The van der Waals surface area contributed by atoms with Gasteiger partial charge in [-0.15, -0.1) is 0 Å². The van der Waals surface area contributed by atoms with Gasteiger partial charge in [-0.2, -0.15) is 0 Å². The topological polar surface area (TPSA) is 50.4 Å². The minimum absolute atomic E-state index is 0.313. The Balaban J connectivity index is 2.66. The first-order valence-corrected chi connectivity index (χ1v) is 6.82. The van der Waals surface area contributed by atoms with Crippen LogP contribution in [0.2, 0.25) is 0 Å². The van der Waals surface area contributed by atoms with E-state index < -0.39 is 0 Å². The Hall–Kier alpha value is -1.62. The van der Waals surface area contributed by atoms with Crippen LogP contribution in [-0.4, -0.2) is 23.7 Å². The fourth-order valence-corrected chi connectivity index (χ4v) is 1.75. The largest absolute Gasteiger partial charge is 0.462 e. The summed E-state index contributed by atoms with van der Waals surface area (Å²) in [5.41, 5.74) is 1.28. The molecular formula is C14H20N2O2S. The summed E-state index contributed by atoms with van der Waals surface area (Å²) in [4.78, 5) is 11.6. The Morgan fingerprint density at radius 1 is 1.42 bits per heavy atom. The van der Waals surface area contributed by atoms with Crippen LogP contribution in [0.15, 0.2) is 24.3 Å². The lowest BCUT2D eigenvalue weighted by Gasteiger charge is -2.15. The molecule has 0 aromatic heterocycles. The second-order valence-corrected chi connectivity index (χ2v) is 4.62. The van der Waals surface area contributed by atoms with E-state index in [4.69, 9.17) is 17.0 Å². The zero-order chi connectivity index (χ0) is 14.3. The zero-order valence-corrected chi connectivity index (χ0v) is 12.3. The quantitative estimate of drug-likeness (QED) is 0.641. The highest BCUT2D eigenvalue weighted by Crippen LogP contribution is 2.11. The van der Waals surface area contributed by atoms with Crippen LogP contribution in [0.25, 0.3) is 0 Å². The highest BCUT2D eigenvalue weighted by atomic mass is 32.1. The molecule has 0 unspecified atom stereocenters. The molecule has 1 aromatic carbocycles. The van der Waals surface area contributed by atoms with Crippen molar-refractivity contribution in [1.82, 2.24) is 5.32 Å². The molecule has 0 spiro atoms. The van der Waals surface area contributed by atoms with Crippen molar-refractivity contribution in [1.29, 1.82) is 0 Å². The van der Waals surface area contributed by atoms with Crippen molar-refractivity contribution in [2.45, 2.75) is 33.2 Å². The van der Waals surface area contributed by atoms with E-state index in [9.17, 15) is 4.79 Å². The molecule has 1 aromatic rings. The van der Waals surface area contributed by atoms with E-state index >= 15 is 0 Å². The van der Waals surface area contributed by atoms with Crippen molar-refractivity contribution in [3.05, 3.63) is 29.8 Å². The first kappa shape index (κ1) is 15.4. The van der Waals surface area contributed by atoms with Crippen molar-refractivity contribution in [3.63, 3.8) is 0 Å². The van der Waals surface area contributed by atoms with E-state index in [1.165, 1.54) is 0 Å². The maximum Gasteiger partial charge on any atom is 0.338 e. The number of anilines is 1. The molecular weight excluding hydrogens is 260 g/mol. The van der Waals surface area contributed by atoms with Gasteiger partial charge in [0.05, 0.1) is 12.2 Å². The molecule has 4 nitrogen and oxygen atoms in total. The molecule has 0 amide bonds. The van der Waals surface area contributed by atoms with Crippen molar-refractivity contribution < 1.29 is 9.53 Å². The summed E-state index contributed by atoms with van der Waals surface area (Å²) < 4.78 is 4.95. The number of carbonyl (C=O) groups excluding carboxylic acids is 1. The molecule has 1 rings (SSSR count). The van der Waals surface area contributed by atoms with Gasteiger partial charge < -0.3 is 15.4 Å². The Bertz CT molecular complexity index is 449. The van der Waals surface area contributed by atoms with Gasteiger partial charge in [0.2, 0.25) is 0 Å². The van der Waals surface area contributed by atoms with Crippen molar-refractivity contribution in [3.8, 4) is 0 Å². The monoisotopic (exact) mass is 280 g/mol. The van der Waals surface area contributed by atoms with Crippen LogP contribution in [0.5, 0.6) is 0 Å². The van der Waals surface area contributed by atoms with Gasteiger partial charge in [-0.25, -0.2) is 4.79 Å². The van der Waals surface area contributed by atoms with Gasteiger partial charge in [0.25, 0.3) is 0 Å². The highest BCUT2D eigenvalue weighted by molar-refractivity contribution is 7.80. The molecule has 0 aliphatic heterocycles. The number of hydrogen-bond donors (Lipinski definition) is 2. The fourth-order valence-electron chi connectivity index (χ4n) is 1.43. The number of ether oxygens (including phenoxy) is 1. The van der Waals surface area contributed by atoms with Crippen molar-refractivity contribution >= 4 is 29.0 Å². The second-order valence-electron chi connectivity index (χ2n) is 4.21. The number of esters is 1. The molecule has 5 heteroatoms.